The van der Waals surface area contributed by atoms with Crippen LogP contribution in [0.2, 0.25) is 5.28 Å². The molecule has 1 amide bonds. The van der Waals surface area contributed by atoms with Crippen molar-refractivity contribution in [2.75, 3.05) is 5.43 Å². The van der Waals surface area contributed by atoms with E-state index in [0.29, 0.717) is 4.68 Å². The first-order valence-corrected chi connectivity index (χ1v) is 6.99. The van der Waals surface area contributed by atoms with Crippen molar-refractivity contribution >= 4 is 34.5 Å². The Morgan fingerprint density at radius 1 is 1.24 bits per heavy atom. The molecule has 0 saturated carbocycles. The van der Waals surface area contributed by atoms with Crippen molar-refractivity contribution < 1.29 is 9.72 Å². The van der Waals surface area contributed by atoms with Crippen LogP contribution in [0, 0.1) is 10.1 Å². The molecule has 0 atom stereocenters. The van der Waals surface area contributed by atoms with Crippen LogP contribution in [0.3, 0.4) is 0 Å². The molecule has 12 heteroatoms. The monoisotopic (exact) mass is 362 g/mol. The molecular weight excluding hydrogens is 356 g/mol. The Morgan fingerprint density at radius 2 is 1.92 bits per heavy atom. The Balaban J connectivity index is 2.28. The zero-order valence-electron chi connectivity index (χ0n) is 12.1. The van der Waals surface area contributed by atoms with E-state index in [1.807, 2.05) is 0 Å². The predicted octanol–water partition coefficient (Wildman–Crippen LogP) is 0.425. The number of aromatic amines is 1. The van der Waals surface area contributed by atoms with Gasteiger partial charge in [0.15, 0.2) is 5.65 Å². The van der Waals surface area contributed by atoms with Crippen molar-refractivity contribution in [3.8, 4) is 0 Å². The number of hydrogen-bond donors (Lipinski definition) is 2. The number of carbonyl (C=O) groups excluding carboxylic acids is 1. The summed E-state index contributed by atoms with van der Waals surface area (Å²) in [6.07, 6.45) is 0. The molecule has 2 aromatic heterocycles. The number of hydrogen-bond acceptors (Lipinski definition) is 7. The minimum atomic E-state index is -1.24. The van der Waals surface area contributed by atoms with Gasteiger partial charge in [0, 0.05) is 5.56 Å². The van der Waals surface area contributed by atoms with Crippen LogP contribution in [0.15, 0.2) is 39.9 Å². The first kappa shape index (κ1) is 16.3. The minimum absolute atomic E-state index is 0.167. The molecule has 0 saturated heterocycles. The van der Waals surface area contributed by atoms with Gasteiger partial charge in [0.05, 0.1) is 0 Å². The van der Waals surface area contributed by atoms with Gasteiger partial charge in [0.1, 0.15) is 0 Å². The van der Waals surface area contributed by atoms with Crippen molar-refractivity contribution in [1.29, 1.82) is 0 Å². The molecular formula is C13H7ClN6O5. The van der Waals surface area contributed by atoms with E-state index in [9.17, 15) is 24.5 Å². The van der Waals surface area contributed by atoms with Crippen LogP contribution in [0.5, 0.6) is 0 Å². The molecule has 0 unspecified atom stereocenters. The number of nitro groups is 1. The number of nitrogens with zero attached hydrogens (tertiary/aromatic N) is 4. The average molecular weight is 363 g/mol. The summed E-state index contributed by atoms with van der Waals surface area (Å²) in [6.45, 7) is 0. The fourth-order valence-corrected chi connectivity index (χ4v) is 2.23. The highest BCUT2D eigenvalue weighted by atomic mass is 35.5. The number of fused-ring (bicyclic) bond motifs is 1. The smallest absolute Gasteiger partial charge is 0.358 e. The van der Waals surface area contributed by atoms with E-state index in [0.717, 1.165) is 0 Å². The second-order valence-electron chi connectivity index (χ2n) is 4.67. The third kappa shape index (κ3) is 2.95. The summed E-state index contributed by atoms with van der Waals surface area (Å²) in [6, 6.07) is 7.75. The van der Waals surface area contributed by atoms with Crippen LogP contribution < -0.4 is 16.5 Å². The number of carbonyl (C=O) groups is 1. The molecule has 0 aliphatic rings. The van der Waals surface area contributed by atoms with Gasteiger partial charge in [-0.25, -0.2) is 0 Å². The highest BCUT2D eigenvalue weighted by molar-refractivity contribution is 6.28. The molecule has 0 aliphatic carbocycles. The van der Waals surface area contributed by atoms with Crippen LogP contribution in [0.1, 0.15) is 10.4 Å². The number of aromatic nitrogens is 4. The second kappa shape index (κ2) is 6.13. The van der Waals surface area contributed by atoms with Gasteiger partial charge in [-0.15, -0.1) is 0 Å². The molecule has 2 N–H and O–H groups in total. The summed E-state index contributed by atoms with van der Waals surface area (Å²) in [4.78, 5) is 55.5. The number of rotatable bonds is 3. The lowest BCUT2D eigenvalue weighted by Crippen LogP contribution is -2.43. The summed E-state index contributed by atoms with van der Waals surface area (Å²) < 4.78 is 0.429. The highest BCUT2D eigenvalue weighted by Gasteiger charge is 2.25. The SMILES string of the molecule is O=C(Nn1c(=O)c(=O)[nH]c2nc(Cl)nc([N+](=O)[O-])c21)c1ccccc1. The summed E-state index contributed by atoms with van der Waals surface area (Å²) >= 11 is 5.59. The zero-order chi connectivity index (χ0) is 18.1. The van der Waals surface area contributed by atoms with Gasteiger partial charge in [0.2, 0.25) is 5.52 Å². The maximum absolute atomic E-state index is 12.2. The second-order valence-corrected chi connectivity index (χ2v) is 5.01. The van der Waals surface area contributed by atoms with Crippen molar-refractivity contribution in [3.05, 3.63) is 72.0 Å². The van der Waals surface area contributed by atoms with Crippen molar-refractivity contribution in [1.82, 2.24) is 19.6 Å². The van der Waals surface area contributed by atoms with Crippen LogP contribution in [0.25, 0.3) is 11.2 Å². The molecule has 2 heterocycles. The third-order valence-corrected chi connectivity index (χ3v) is 3.28. The lowest BCUT2D eigenvalue weighted by atomic mass is 10.2. The maximum atomic E-state index is 12.2. The summed E-state index contributed by atoms with van der Waals surface area (Å²) in [5, 5.41) is 10.7. The summed E-state index contributed by atoms with van der Waals surface area (Å²) in [5.41, 5.74) is -0.951. The molecule has 0 aliphatic heterocycles. The predicted molar refractivity (Wildman–Crippen MR) is 86.2 cm³/mol. The van der Waals surface area contributed by atoms with E-state index in [1.165, 1.54) is 12.1 Å². The molecule has 0 bridgehead atoms. The Kier molecular flexibility index (Phi) is 3.99. The van der Waals surface area contributed by atoms with E-state index in [-0.39, 0.29) is 11.2 Å². The number of nitrogens with one attached hydrogen (secondary N) is 2. The van der Waals surface area contributed by atoms with Crippen LogP contribution >= 0.6 is 11.6 Å². The summed E-state index contributed by atoms with van der Waals surface area (Å²) in [7, 11) is 0. The topological polar surface area (TPSA) is 153 Å². The van der Waals surface area contributed by atoms with E-state index >= 15 is 0 Å². The van der Waals surface area contributed by atoms with Crippen LogP contribution in [-0.2, 0) is 0 Å². The number of benzene rings is 1. The number of H-pyrrole nitrogens is 1. The van der Waals surface area contributed by atoms with Gasteiger partial charge in [-0.2, -0.15) is 9.66 Å². The number of halogens is 1. The van der Waals surface area contributed by atoms with Gasteiger partial charge < -0.3 is 10.1 Å². The molecule has 0 fully saturated rings. The Labute approximate surface area is 142 Å². The van der Waals surface area contributed by atoms with E-state index in [4.69, 9.17) is 11.6 Å². The fraction of sp³-hybridized carbons (Fsp3) is 0. The third-order valence-electron chi connectivity index (χ3n) is 3.11. The van der Waals surface area contributed by atoms with Crippen LogP contribution in [0.4, 0.5) is 5.82 Å². The van der Waals surface area contributed by atoms with Crippen molar-refractivity contribution in [2.24, 2.45) is 0 Å². The molecule has 1 aromatic carbocycles. The Hall–Kier alpha value is -3.60. The van der Waals surface area contributed by atoms with Gasteiger partial charge in [0.25, 0.3) is 5.91 Å². The molecule has 11 nitrogen and oxygen atoms in total. The molecule has 126 valence electrons. The van der Waals surface area contributed by atoms with Crippen molar-refractivity contribution in [2.45, 2.75) is 0 Å². The van der Waals surface area contributed by atoms with Crippen LogP contribution in [-0.4, -0.2) is 30.5 Å². The van der Waals surface area contributed by atoms with Gasteiger partial charge in [-0.3, -0.25) is 24.8 Å². The number of amides is 1. The Bertz CT molecular complexity index is 1120. The molecule has 3 aromatic rings. The molecule has 0 radical (unpaired) electrons. The van der Waals surface area contributed by atoms with E-state index in [2.05, 4.69) is 20.4 Å². The quantitative estimate of drug-likeness (QED) is 0.296. The molecule has 3 rings (SSSR count). The fourth-order valence-electron chi connectivity index (χ4n) is 2.06. The minimum Gasteiger partial charge on any atom is -0.358 e. The van der Waals surface area contributed by atoms with Gasteiger partial charge >= 0.3 is 22.2 Å². The van der Waals surface area contributed by atoms with E-state index < -0.39 is 38.6 Å². The van der Waals surface area contributed by atoms with Gasteiger partial charge in [-0.05, 0) is 33.6 Å². The maximum Gasteiger partial charge on any atom is 0.396 e. The zero-order valence-corrected chi connectivity index (χ0v) is 12.9. The Morgan fingerprint density at radius 3 is 2.56 bits per heavy atom. The van der Waals surface area contributed by atoms with Gasteiger partial charge in [-0.1, -0.05) is 18.2 Å². The lowest BCUT2D eigenvalue weighted by Gasteiger charge is -2.10. The van der Waals surface area contributed by atoms with E-state index in [1.54, 1.807) is 18.2 Å². The molecule has 0 spiro atoms. The first-order chi connectivity index (χ1) is 11.9. The largest absolute Gasteiger partial charge is 0.396 e. The molecule has 25 heavy (non-hydrogen) atoms. The van der Waals surface area contributed by atoms with Crippen molar-refractivity contribution in [3.63, 3.8) is 0 Å². The average Bonchev–Trinajstić information content (AvgIpc) is 2.58. The first-order valence-electron chi connectivity index (χ1n) is 6.62. The lowest BCUT2D eigenvalue weighted by molar-refractivity contribution is -0.388. The highest BCUT2D eigenvalue weighted by Crippen LogP contribution is 2.20. The standard InChI is InChI=1S/C13H7ClN6O5/c14-13-16-8-7(9(17-13)20(24)25)19(12(23)11(22)15-8)18-10(21)6-4-2-1-3-5-6/h1-5H,(H,18,21)(H,15,16,17,22). The summed E-state index contributed by atoms with van der Waals surface area (Å²) in [5.74, 6) is -1.62. The normalized spacial score (nSPS) is 10.6.